The Labute approximate surface area is 113 Å². The predicted molar refractivity (Wildman–Crippen MR) is 69.6 cm³/mol. The summed E-state index contributed by atoms with van der Waals surface area (Å²) in [5, 5.41) is 0.330. The first-order valence-electron chi connectivity index (χ1n) is 5.17. The van der Waals surface area contributed by atoms with Crippen LogP contribution in [0.5, 0.6) is 0 Å². The second-order valence-electron chi connectivity index (χ2n) is 4.37. The first kappa shape index (κ1) is 12.9. The van der Waals surface area contributed by atoms with Crippen LogP contribution in [-0.4, -0.2) is 39.1 Å². The van der Waals surface area contributed by atoms with Crippen LogP contribution in [0.25, 0.3) is 0 Å². The lowest BCUT2D eigenvalue weighted by atomic mass is 10.2. The van der Waals surface area contributed by atoms with E-state index in [1.807, 2.05) is 13.8 Å². The molecule has 0 aliphatic carbocycles. The van der Waals surface area contributed by atoms with Gasteiger partial charge in [-0.25, -0.2) is 0 Å². The molecule has 92 valence electrons. The van der Waals surface area contributed by atoms with Gasteiger partial charge in [-0.05, 0) is 13.8 Å². The maximum absolute atomic E-state index is 11.0. The highest BCUT2D eigenvalue weighted by Gasteiger charge is 2.55. The monoisotopic (exact) mass is 358 g/mol. The zero-order chi connectivity index (χ0) is 11.9. The van der Waals surface area contributed by atoms with Crippen molar-refractivity contribution < 1.29 is 19.0 Å². The summed E-state index contributed by atoms with van der Waals surface area (Å²) >= 11 is 3.96. The van der Waals surface area contributed by atoms with Crippen LogP contribution in [0, 0.1) is 0 Å². The van der Waals surface area contributed by atoms with Gasteiger partial charge >= 0.3 is 5.97 Å². The molecule has 0 aromatic heterocycles. The van der Waals surface area contributed by atoms with Crippen molar-refractivity contribution >= 4 is 40.3 Å². The van der Waals surface area contributed by atoms with E-state index in [0.717, 1.165) is 4.43 Å². The van der Waals surface area contributed by atoms with E-state index in [-0.39, 0.29) is 23.6 Å². The number of esters is 1. The Bertz CT molecular complexity index is 297. The van der Waals surface area contributed by atoms with E-state index in [9.17, 15) is 4.79 Å². The van der Waals surface area contributed by atoms with Gasteiger partial charge < -0.3 is 14.2 Å². The number of thioether (sulfide) groups is 1. The van der Waals surface area contributed by atoms with Gasteiger partial charge in [0.15, 0.2) is 11.2 Å². The minimum atomic E-state index is -0.571. The zero-order valence-corrected chi connectivity index (χ0v) is 12.4. The SMILES string of the molecule is CC(=O)OC1S[C@@H](CI)[C@H]2OC(C)(C)O[C@@H]12. The van der Waals surface area contributed by atoms with Crippen LogP contribution in [-0.2, 0) is 19.0 Å². The van der Waals surface area contributed by atoms with E-state index in [4.69, 9.17) is 14.2 Å². The molecule has 0 bridgehead atoms. The molecule has 0 saturated carbocycles. The molecule has 4 nitrogen and oxygen atoms in total. The van der Waals surface area contributed by atoms with E-state index in [1.165, 1.54) is 6.92 Å². The molecule has 0 amide bonds. The van der Waals surface area contributed by atoms with Crippen LogP contribution >= 0.6 is 34.4 Å². The highest BCUT2D eigenvalue weighted by Crippen LogP contribution is 2.46. The number of carbonyl (C=O) groups excluding carboxylic acids is 1. The molecule has 0 radical (unpaired) electrons. The van der Waals surface area contributed by atoms with Gasteiger partial charge in [-0.15, -0.1) is 11.8 Å². The number of hydrogen-bond acceptors (Lipinski definition) is 5. The Morgan fingerprint density at radius 3 is 2.62 bits per heavy atom. The Morgan fingerprint density at radius 2 is 2.06 bits per heavy atom. The first-order chi connectivity index (χ1) is 7.43. The summed E-state index contributed by atoms with van der Waals surface area (Å²) in [6.45, 7) is 5.21. The summed E-state index contributed by atoms with van der Waals surface area (Å²) in [6.07, 6.45) is -0.107. The normalized spacial score (nSPS) is 40.8. The molecule has 0 N–H and O–H groups in total. The maximum Gasteiger partial charge on any atom is 0.303 e. The van der Waals surface area contributed by atoms with Gasteiger partial charge in [0.2, 0.25) is 0 Å². The van der Waals surface area contributed by atoms with Crippen LogP contribution in [0.3, 0.4) is 0 Å². The van der Waals surface area contributed by atoms with Crippen LogP contribution in [0.15, 0.2) is 0 Å². The lowest BCUT2D eigenvalue weighted by Gasteiger charge is -2.22. The third-order valence-electron chi connectivity index (χ3n) is 2.54. The molecule has 4 atom stereocenters. The van der Waals surface area contributed by atoms with E-state index < -0.39 is 5.79 Å². The number of rotatable bonds is 2. The second kappa shape index (κ2) is 4.62. The number of fused-ring (bicyclic) bond motifs is 1. The smallest absolute Gasteiger partial charge is 0.303 e. The number of alkyl halides is 1. The Kier molecular flexibility index (Phi) is 3.73. The molecule has 0 spiro atoms. The van der Waals surface area contributed by atoms with Crippen LogP contribution in [0.1, 0.15) is 20.8 Å². The molecular weight excluding hydrogens is 343 g/mol. The third-order valence-corrected chi connectivity index (χ3v) is 5.51. The van der Waals surface area contributed by atoms with Gasteiger partial charge in [0.1, 0.15) is 12.2 Å². The van der Waals surface area contributed by atoms with Gasteiger partial charge in [0.05, 0.1) is 0 Å². The molecular formula is C10H15IO4S. The minimum Gasteiger partial charge on any atom is -0.449 e. The van der Waals surface area contributed by atoms with Crippen LogP contribution in [0.2, 0.25) is 0 Å². The number of ether oxygens (including phenoxy) is 3. The molecule has 2 saturated heterocycles. The highest BCUT2D eigenvalue weighted by atomic mass is 127. The van der Waals surface area contributed by atoms with Gasteiger partial charge in [0, 0.05) is 16.6 Å². The van der Waals surface area contributed by atoms with Crippen molar-refractivity contribution in [2.75, 3.05) is 4.43 Å². The molecule has 0 aromatic carbocycles. The third kappa shape index (κ3) is 2.49. The van der Waals surface area contributed by atoms with E-state index in [0.29, 0.717) is 5.25 Å². The summed E-state index contributed by atoms with van der Waals surface area (Å²) < 4.78 is 17.9. The summed E-state index contributed by atoms with van der Waals surface area (Å²) in [5.74, 6) is -0.836. The number of halogens is 1. The Balaban J connectivity index is 2.11. The molecule has 16 heavy (non-hydrogen) atoms. The van der Waals surface area contributed by atoms with Crippen molar-refractivity contribution in [3.8, 4) is 0 Å². The first-order valence-corrected chi connectivity index (χ1v) is 7.64. The maximum atomic E-state index is 11.0. The fraction of sp³-hybridized carbons (Fsp3) is 0.900. The molecule has 2 aliphatic heterocycles. The number of carbonyl (C=O) groups is 1. The van der Waals surface area contributed by atoms with Crippen molar-refractivity contribution in [1.29, 1.82) is 0 Å². The fourth-order valence-corrected chi connectivity index (χ4v) is 4.49. The second-order valence-corrected chi connectivity index (χ2v) is 6.59. The van der Waals surface area contributed by atoms with Gasteiger partial charge in [0.25, 0.3) is 0 Å². The van der Waals surface area contributed by atoms with Crippen molar-refractivity contribution in [2.24, 2.45) is 0 Å². The summed E-state index contributed by atoms with van der Waals surface area (Å²) in [7, 11) is 0. The van der Waals surface area contributed by atoms with Gasteiger partial charge in [-0.3, -0.25) is 4.79 Å². The molecule has 2 fully saturated rings. The van der Waals surface area contributed by atoms with Crippen molar-refractivity contribution in [3.05, 3.63) is 0 Å². The average molecular weight is 358 g/mol. The molecule has 2 rings (SSSR count). The molecule has 6 heteroatoms. The standard InChI is InChI=1S/C10H15IO4S/c1-5(12)13-9-8-7(6(4-11)16-9)14-10(2,3)15-8/h6-9H,4H2,1-3H3/t6-,7+,8+,9?/m0/s1. The van der Waals surface area contributed by atoms with Crippen LogP contribution in [0.4, 0.5) is 0 Å². The van der Waals surface area contributed by atoms with E-state index in [2.05, 4.69) is 22.6 Å². The molecule has 0 aromatic rings. The van der Waals surface area contributed by atoms with E-state index >= 15 is 0 Å². The van der Waals surface area contributed by atoms with Gasteiger partial charge in [-0.1, -0.05) is 22.6 Å². The lowest BCUT2D eigenvalue weighted by Crippen LogP contribution is -2.32. The zero-order valence-electron chi connectivity index (χ0n) is 9.44. The lowest BCUT2D eigenvalue weighted by molar-refractivity contribution is -0.162. The Hall–Kier alpha value is 0.470. The highest BCUT2D eigenvalue weighted by molar-refractivity contribution is 14.1. The summed E-state index contributed by atoms with van der Waals surface area (Å²) in [4.78, 5) is 11.0. The Morgan fingerprint density at radius 1 is 1.44 bits per heavy atom. The topological polar surface area (TPSA) is 44.8 Å². The molecule has 2 heterocycles. The predicted octanol–water partition coefficient (Wildman–Crippen LogP) is 1.95. The molecule has 1 unspecified atom stereocenters. The van der Waals surface area contributed by atoms with Crippen molar-refractivity contribution in [1.82, 2.24) is 0 Å². The van der Waals surface area contributed by atoms with Crippen molar-refractivity contribution in [2.45, 2.75) is 49.5 Å². The molecule has 2 aliphatic rings. The van der Waals surface area contributed by atoms with Crippen molar-refractivity contribution in [3.63, 3.8) is 0 Å². The van der Waals surface area contributed by atoms with E-state index in [1.54, 1.807) is 11.8 Å². The number of hydrogen-bond donors (Lipinski definition) is 0. The van der Waals surface area contributed by atoms with Crippen LogP contribution < -0.4 is 0 Å². The average Bonchev–Trinajstić information content (AvgIpc) is 2.60. The quantitative estimate of drug-likeness (QED) is 0.429. The fourth-order valence-electron chi connectivity index (χ4n) is 2.02. The minimum absolute atomic E-state index is 0.0289. The largest absolute Gasteiger partial charge is 0.449 e. The summed E-state index contributed by atoms with van der Waals surface area (Å²) in [6, 6.07) is 0. The summed E-state index contributed by atoms with van der Waals surface area (Å²) in [5.41, 5.74) is -0.232. The van der Waals surface area contributed by atoms with Gasteiger partial charge in [-0.2, -0.15) is 0 Å².